The molecule has 3 nitrogen and oxygen atoms in total. The lowest BCUT2D eigenvalue weighted by Gasteiger charge is -2.39. The molecule has 3 heteroatoms. The van der Waals surface area contributed by atoms with Gasteiger partial charge in [-0.2, -0.15) is 0 Å². The van der Waals surface area contributed by atoms with E-state index in [1.165, 1.54) is 6.42 Å². The maximum atomic E-state index is 12.4. The highest BCUT2D eigenvalue weighted by molar-refractivity contribution is 5.68. The van der Waals surface area contributed by atoms with Gasteiger partial charge in [0.25, 0.3) is 0 Å². The van der Waals surface area contributed by atoms with E-state index in [0.29, 0.717) is 18.1 Å². The number of likely N-dealkylation sites (tertiary alicyclic amines) is 1. The van der Waals surface area contributed by atoms with E-state index < -0.39 is 0 Å². The average Bonchev–Trinajstić information content (AvgIpc) is 2.66. The van der Waals surface area contributed by atoms with Crippen LogP contribution < -0.4 is 0 Å². The van der Waals surface area contributed by atoms with Crippen LogP contribution in [0.4, 0.5) is 4.79 Å². The summed E-state index contributed by atoms with van der Waals surface area (Å²) in [7, 11) is 0. The van der Waals surface area contributed by atoms with Gasteiger partial charge in [-0.25, -0.2) is 4.79 Å². The Morgan fingerprint density at radius 2 is 1.95 bits per heavy atom. The van der Waals surface area contributed by atoms with E-state index in [4.69, 9.17) is 4.74 Å². The number of nitrogens with zero attached hydrogens (tertiary/aromatic N) is 1. The van der Waals surface area contributed by atoms with Crippen molar-refractivity contribution < 1.29 is 9.53 Å². The van der Waals surface area contributed by atoms with Gasteiger partial charge in [-0.05, 0) is 35.7 Å². The van der Waals surface area contributed by atoms with Gasteiger partial charge in [0.2, 0.25) is 0 Å². The fraction of sp³-hybridized carbons (Fsp3) is 0.611. The molecule has 21 heavy (non-hydrogen) atoms. The van der Waals surface area contributed by atoms with Crippen molar-refractivity contribution in [3.05, 3.63) is 35.9 Å². The van der Waals surface area contributed by atoms with Gasteiger partial charge in [0, 0.05) is 12.6 Å². The van der Waals surface area contributed by atoms with Crippen LogP contribution in [0.25, 0.3) is 0 Å². The zero-order valence-electron chi connectivity index (χ0n) is 13.3. The van der Waals surface area contributed by atoms with Crippen molar-refractivity contribution >= 4 is 6.09 Å². The lowest BCUT2D eigenvalue weighted by Crippen LogP contribution is -2.37. The van der Waals surface area contributed by atoms with Gasteiger partial charge in [0.1, 0.15) is 6.61 Å². The van der Waals surface area contributed by atoms with E-state index in [9.17, 15) is 4.79 Å². The number of fused-ring (bicyclic) bond motifs is 2. The normalized spacial score (nSPS) is 30.2. The second kappa shape index (κ2) is 5.04. The number of benzene rings is 1. The fourth-order valence-corrected chi connectivity index (χ4v) is 4.48. The molecule has 114 valence electrons. The number of carbonyl (C=O) groups is 1. The molecule has 1 aliphatic heterocycles. The molecule has 2 fully saturated rings. The molecular formula is C18H25NO2. The van der Waals surface area contributed by atoms with Crippen LogP contribution in [0.1, 0.15) is 45.6 Å². The Hall–Kier alpha value is -1.51. The van der Waals surface area contributed by atoms with E-state index in [1.807, 2.05) is 35.2 Å². The molecule has 2 bridgehead atoms. The van der Waals surface area contributed by atoms with E-state index in [0.717, 1.165) is 24.9 Å². The molecule has 1 heterocycles. The number of ether oxygens (including phenoxy) is 1. The number of amides is 1. The van der Waals surface area contributed by atoms with Crippen molar-refractivity contribution in [2.75, 3.05) is 6.54 Å². The first-order chi connectivity index (χ1) is 9.87. The first-order valence-electron chi connectivity index (χ1n) is 7.84. The molecule has 0 N–H and O–H groups in total. The van der Waals surface area contributed by atoms with Crippen molar-refractivity contribution in [2.45, 2.75) is 52.7 Å². The van der Waals surface area contributed by atoms with Gasteiger partial charge in [0.15, 0.2) is 0 Å². The van der Waals surface area contributed by atoms with Gasteiger partial charge in [-0.1, -0.05) is 51.1 Å². The molecule has 0 aromatic heterocycles. The predicted octanol–water partition coefficient (Wildman–Crippen LogP) is 4.22. The van der Waals surface area contributed by atoms with Crippen LogP contribution in [0.5, 0.6) is 0 Å². The third-order valence-electron chi connectivity index (χ3n) is 4.85. The highest BCUT2D eigenvalue weighted by atomic mass is 16.6. The lowest BCUT2D eigenvalue weighted by molar-refractivity contribution is 0.0851. The molecule has 1 aromatic rings. The Morgan fingerprint density at radius 3 is 2.67 bits per heavy atom. The van der Waals surface area contributed by atoms with Crippen molar-refractivity contribution in [1.29, 1.82) is 0 Å². The van der Waals surface area contributed by atoms with Crippen LogP contribution >= 0.6 is 0 Å². The van der Waals surface area contributed by atoms with Gasteiger partial charge in [-0.3, -0.25) is 0 Å². The Morgan fingerprint density at radius 1 is 1.24 bits per heavy atom. The Labute approximate surface area is 127 Å². The summed E-state index contributed by atoms with van der Waals surface area (Å²) in [4.78, 5) is 14.4. The van der Waals surface area contributed by atoms with Crippen LogP contribution in [-0.2, 0) is 11.3 Å². The quantitative estimate of drug-likeness (QED) is 0.815. The van der Waals surface area contributed by atoms with E-state index >= 15 is 0 Å². The molecule has 2 atom stereocenters. The number of hydrogen-bond donors (Lipinski definition) is 0. The van der Waals surface area contributed by atoms with Gasteiger partial charge in [-0.15, -0.1) is 0 Å². The van der Waals surface area contributed by atoms with Crippen molar-refractivity contribution in [1.82, 2.24) is 4.90 Å². The zero-order chi connectivity index (χ0) is 15.1. The third-order valence-corrected chi connectivity index (χ3v) is 4.85. The molecular weight excluding hydrogens is 262 g/mol. The second-order valence-corrected chi connectivity index (χ2v) is 7.88. The molecule has 0 radical (unpaired) electrons. The smallest absolute Gasteiger partial charge is 0.410 e. The highest BCUT2D eigenvalue weighted by Gasteiger charge is 2.51. The summed E-state index contributed by atoms with van der Waals surface area (Å²) in [6, 6.07) is 10.2. The molecule has 2 unspecified atom stereocenters. The minimum atomic E-state index is -0.148. The number of carbonyl (C=O) groups excluding carboxylic acids is 1. The minimum Gasteiger partial charge on any atom is -0.445 e. The summed E-state index contributed by atoms with van der Waals surface area (Å²) in [5.74, 6) is 0. The lowest BCUT2D eigenvalue weighted by atomic mass is 9.65. The number of hydrogen-bond acceptors (Lipinski definition) is 2. The van der Waals surface area contributed by atoms with Gasteiger partial charge in [0.05, 0.1) is 0 Å². The molecule has 3 rings (SSSR count). The van der Waals surface area contributed by atoms with Crippen LogP contribution in [0.3, 0.4) is 0 Å². The number of rotatable bonds is 2. The average molecular weight is 287 g/mol. The highest BCUT2D eigenvalue weighted by Crippen LogP contribution is 2.52. The van der Waals surface area contributed by atoms with Crippen molar-refractivity contribution in [3.63, 3.8) is 0 Å². The molecule has 1 amide bonds. The Balaban J connectivity index is 1.64. The standard InChI is InChI=1S/C18H25NO2/c1-17(2)9-15-10-18(3,12-17)13-19(15)16(20)21-11-14-7-5-4-6-8-14/h4-8,15H,9-13H2,1-3H3. The predicted molar refractivity (Wildman–Crippen MR) is 82.9 cm³/mol. The molecule has 2 aliphatic rings. The monoisotopic (exact) mass is 287 g/mol. The Kier molecular flexibility index (Phi) is 3.46. The van der Waals surface area contributed by atoms with Crippen molar-refractivity contribution in [3.8, 4) is 0 Å². The molecule has 0 spiro atoms. The minimum absolute atomic E-state index is 0.148. The first kappa shape index (κ1) is 14.4. The summed E-state index contributed by atoms with van der Waals surface area (Å²) in [5, 5.41) is 0. The third kappa shape index (κ3) is 3.07. The summed E-state index contributed by atoms with van der Waals surface area (Å²) in [6.07, 6.45) is 3.25. The van der Waals surface area contributed by atoms with E-state index in [2.05, 4.69) is 20.8 Å². The van der Waals surface area contributed by atoms with Gasteiger partial charge < -0.3 is 9.64 Å². The maximum Gasteiger partial charge on any atom is 0.410 e. The summed E-state index contributed by atoms with van der Waals surface area (Å²) in [6.45, 7) is 8.15. The maximum absolute atomic E-state index is 12.4. The molecule has 1 saturated heterocycles. The SMILES string of the molecule is CC1(C)CC2CC(C)(CN2C(=O)OCc2ccccc2)C1. The zero-order valence-corrected chi connectivity index (χ0v) is 13.3. The van der Waals surface area contributed by atoms with Crippen LogP contribution in [0.15, 0.2) is 30.3 Å². The molecule has 1 aromatic carbocycles. The van der Waals surface area contributed by atoms with Crippen LogP contribution in [0.2, 0.25) is 0 Å². The largest absolute Gasteiger partial charge is 0.445 e. The van der Waals surface area contributed by atoms with Crippen LogP contribution in [0, 0.1) is 10.8 Å². The summed E-state index contributed by atoms with van der Waals surface area (Å²) in [5.41, 5.74) is 1.63. The molecule has 1 aliphatic carbocycles. The fourth-order valence-electron chi connectivity index (χ4n) is 4.48. The Bertz CT molecular complexity index is 525. The summed E-state index contributed by atoms with van der Waals surface area (Å²) < 4.78 is 5.52. The second-order valence-electron chi connectivity index (χ2n) is 7.88. The van der Waals surface area contributed by atoms with E-state index in [-0.39, 0.29) is 11.5 Å². The summed E-state index contributed by atoms with van der Waals surface area (Å²) >= 11 is 0. The van der Waals surface area contributed by atoms with Crippen molar-refractivity contribution in [2.24, 2.45) is 10.8 Å². The van der Waals surface area contributed by atoms with E-state index in [1.54, 1.807) is 0 Å². The topological polar surface area (TPSA) is 29.5 Å². The van der Waals surface area contributed by atoms with Gasteiger partial charge >= 0.3 is 6.09 Å². The first-order valence-corrected chi connectivity index (χ1v) is 7.84. The molecule has 1 saturated carbocycles. The van der Waals surface area contributed by atoms with Crippen LogP contribution in [-0.4, -0.2) is 23.6 Å².